The van der Waals surface area contributed by atoms with E-state index in [1.54, 1.807) is 12.1 Å². The summed E-state index contributed by atoms with van der Waals surface area (Å²) in [4.78, 5) is 23.6. The van der Waals surface area contributed by atoms with E-state index < -0.39 is 21.9 Å². The second-order valence-electron chi connectivity index (χ2n) is 5.00. The fraction of sp³-hybridized carbons (Fsp3) is 0.500. The molecule has 0 fully saturated rings. The van der Waals surface area contributed by atoms with Gasteiger partial charge in [-0.3, -0.25) is 9.59 Å². The molecule has 0 heterocycles. The Balaban J connectivity index is 3.13. The molecule has 0 bridgehead atoms. The molecule has 5 heteroatoms. The number of carbonyl (C=O) groups excluding carboxylic acids is 1. The van der Waals surface area contributed by atoms with Gasteiger partial charge in [0.25, 0.3) is 0 Å². The minimum absolute atomic E-state index is 0.396. The maximum absolute atomic E-state index is 11.9. The normalized spacial score (nSPS) is 15.1. The molecule has 3 N–H and O–H groups in total. The number of thioether (sulfide) groups is 1. The summed E-state index contributed by atoms with van der Waals surface area (Å²) in [6.07, 6.45) is 2.81. The van der Waals surface area contributed by atoms with Crippen molar-refractivity contribution < 1.29 is 14.7 Å². The zero-order valence-electron chi connectivity index (χ0n) is 12.5. The molecule has 0 saturated heterocycles. The number of amides is 1. The Bertz CT molecular complexity index is 478. The number of unbranched alkanes of at least 4 members (excludes halogenated alkanes) is 1. The molecule has 0 unspecified atom stereocenters. The van der Waals surface area contributed by atoms with E-state index in [4.69, 9.17) is 5.73 Å². The first-order chi connectivity index (χ1) is 9.97. The number of primary amides is 1. The smallest absolute Gasteiger partial charge is 0.324 e. The minimum Gasteiger partial charge on any atom is -0.480 e. The zero-order chi connectivity index (χ0) is 15.9. The summed E-state index contributed by atoms with van der Waals surface area (Å²) in [6, 6.07) is 9.06. The van der Waals surface area contributed by atoms with E-state index in [1.807, 2.05) is 32.0 Å². The topological polar surface area (TPSA) is 80.4 Å². The lowest BCUT2D eigenvalue weighted by Crippen LogP contribution is -2.37. The number of hydrogen-bond donors (Lipinski definition) is 2. The van der Waals surface area contributed by atoms with Crippen LogP contribution in [0, 0.1) is 0 Å². The van der Waals surface area contributed by atoms with E-state index in [1.165, 1.54) is 11.8 Å². The molecule has 0 aliphatic carbocycles. The fourth-order valence-electron chi connectivity index (χ4n) is 2.28. The number of benzene rings is 1. The lowest BCUT2D eigenvalue weighted by atomic mass is 9.95. The van der Waals surface area contributed by atoms with E-state index in [-0.39, 0.29) is 0 Å². The Hall–Kier alpha value is -1.49. The molecule has 0 aromatic heterocycles. The Labute approximate surface area is 130 Å². The van der Waals surface area contributed by atoms with E-state index in [2.05, 4.69) is 0 Å². The third kappa shape index (κ3) is 4.24. The van der Waals surface area contributed by atoms with Crippen molar-refractivity contribution in [3.63, 3.8) is 0 Å². The van der Waals surface area contributed by atoms with Crippen molar-refractivity contribution in [2.75, 3.05) is 0 Å². The van der Waals surface area contributed by atoms with Gasteiger partial charge in [0, 0.05) is 0 Å². The molecule has 4 nitrogen and oxygen atoms in total. The summed E-state index contributed by atoms with van der Waals surface area (Å²) in [6.45, 7) is 3.86. The molecule has 1 aromatic rings. The zero-order valence-corrected chi connectivity index (χ0v) is 13.4. The molecule has 1 rings (SSSR count). The van der Waals surface area contributed by atoms with Gasteiger partial charge in [0.05, 0.1) is 5.25 Å². The van der Waals surface area contributed by atoms with E-state index in [0.717, 1.165) is 12.8 Å². The number of nitrogens with two attached hydrogens (primary N) is 1. The summed E-state index contributed by atoms with van der Waals surface area (Å²) < 4.78 is -1.13. The van der Waals surface area contributed by atoms with Gasteiger partial charge in [-0.05, 0) is 18.4 Å². The lowest BCUT2D eigenvalue weighted by Gasteiger charge is -2.31. The molecular formula is C16H23NO3S. The second-order valence-corrected chi connectivity index (χ2v) is 6.50. The van der Waals surface area contributed by atoms with Crippen LogP contribution in [0.3, 0.4) is 0 Å². The van der Waals surface area contributed by atoms with Gasteiger partial charge in [0.2, 0.25) is 5.91 Å². The van der Waals surface area contributed by atoms with E-state index >= 15 is 0 Å². The van der Waals surface area contributed by atoms with Gasteiger partial charge < -0.3 is 10.8 Å². The largest absolute Gasteiger partial charge is 0.480 e. The van der Waals surface area contributed by atoms with Crippen LogP contribution in [-0.4, -0.2) is 22.2 Å². The Morgan fingerprint density at radius 3 is 2.33 bits per heavy atom. The van der Waals surface area contributed by atoms with Crippen LogP contribution in [0.25, 0.3) is 0 Å². The average Bonchev–Trinajstić information content (AvgIpc) is 2.48. The van der Waals surface area contributed by atoms with Crippen molar-refractivity contribution in [3.8, 4) is 0 Å². The van der Waals surface area contributed by atoms with Gasteiger partial charge in [-0.15, -0.1) is 11.8 Å². The summed E-state index contributed by atoms with van der Waals surface area (Å²) in [7, 11) is 0. The third-order valence-electron chi connectivity index (χ3n) is 3.56. The van der Waals surface area contributed by atoms with Gasteiger partial charge in [0.1, 0.15) is 4.75 Å². The predicted molar refractivity (Wildman–Crippen MR) is 86.1 cm³/mol. The first-order valence-corrected chi connectivity index (χ1v) is 8.12. The van der Waals surface area contributed by atoms with Crippen LogP contribution in [0.2, 0.25) is 0 Å². The highest BCUT2D eigenvalue weighted by atomic mass is 32.2. The molecule has 0 radical (unpaired) electrons. The van der Waals surface area contributed by atoms with Crippen LogP contribution in [0.4, 0.5) is 0 Å². The van der Waals surface area contributed by atoms with Crippen LogP contribution in [0.15, 0.2) is 30.3 Å². The van der Waals surface area contributed by atoms with Crippen molar-refractivity contribution in [3.05, 3.63) is 35.9 Å². The number of rotatable bonds is 9. The standard InChI is InChI=1S/C16H23NO3S/c1-3-5-11-13(14(17)18)21-16(4-2,15(19)20)12-9-7-6-8-10-12/h6-10,13H,3-5,11H2,1-2H3,(H2,17,18)(H,19,20)/t13-,16+/m1/s1. The average molecular weight is 309 g/mol. The number of carboxylic acid groups (broad SMARTS) is 1. The number of aliphatic carboxylic acids is 1. The van der Waals surface area contributed by atoms with Gasteiger partial charge in [-0.2, -0.15) is 0 Å². The molecule has 2 atom stereocenters. The van der Waals surface area contributed by atoms with E-state index in [9.17, 15) is 14.7 Å². The highest BCUT2D eigenvalue weighted by Crippen LogP contribution is 2.43. The van der Waals surface area contributed by atoms with Crippen LogP contribution in [0.5, 0.6) is 0 Å². The van der Waals surface area contributed by atoms with Crippen molar-refractivity contribution in [1.82, 2.24) is 0 Å². The molecule has 116 valence electrons. The van der Waals surface area contributed by atoms with Gasteiger partial charge >= 0.3 is 5.97 Å². The molecule has 1 aromatic carbocycles. The summed E-state index contributed by atoms with van der Waals surface area (Å²) in [5.74, 6) is -1.37. The lowest BCUT2D eigenvalue weighted by molar-refractivity contribution is -0.140. The quantitative estimate of drug-likeness (QED) is 0.734. The Kier molecular flexibility index (Phi) is 6.75. The summed E-state index contributed by atoms with van der Waals surface area (Å²) in [5, 5.41) is 9.28. The Morgan fingerprint density at radius 1 is 1.29 bits per heavy atom. The number of carbonyl (C=O) groups is 2. The van der Waals surface area contributed by atoms with Crippen molar-refractivity contribution in [2.24, 2.45) is 5.73 Å². The molecular weight excluding hydrogens is 286 g/mol. The number of hydrogen-bond acceptors (Lipinski definition) is 3. The molecule has 1 amide bonds. The van der Waals surface area contributed by atoms with Crippen molar-refractivity contribution >= 4 is 23.6 Å². The van der Waals surface area contributed by atoms with Crippen LogP contribution in [-0.2, 0) is 14.3 Å². The van der Waals surface area contributed by atoms with Crippen LogP contribution >= 0.6 is 11.8 Å². The third-order valence-corrected chi connectivity index (χ3v) is 5.42. The van der Waals surface area contributed by atoms with Crippen LogP contribution in [0.1, 0.15) is 45.1 Å². The monoisotopic (exact) mass is 309 g/mol. The summed E-state index contributed by atoms with van der Waals surface area (Å²) >= 11 is 1.17. The van der Waals surface area contributed by atoms with Crippen LogP contribution < -0.4 is 5.73 Å². The summed E-state index contributed by atoms with van der Waals surface area (Å²) in [5.41, 5.74) is 6.17. The first kappa shape index (κ1) is 17.6. The van der Waals surface area contributed by atoms with Gasteiger partial charge in [0.15, 0.2) is 0 Å². The molecule has 0 aliphatic rings. The van der Waals surface area contributed by atoms with Crippen molar-refractivity contribution in [1.29, 1.82) is 0 Å². The van der Waals surface area contributed by atoms with Crippen molar-refractivity contribution in [2.45, 2.75) is 49.5 Å². The maximum atomic E-state index is 11.9. The molecule has 0 aliphatic heterocycles. The highest BCUT2D eigenvalue weighted by molar-refractivity contribution is 8.02. The minimum atomic E-state index is -1.13. The predicted octanol–water partition coefficient (Wildman–Crippen LogP) is 3.15. The Morgan fingerprint density at radius 2 is 1.90 bits per heavy atom. The van der Waals surface area contributed by atoms with Gasteiger partial charge in [-0.1, -0.05) is 57.0 Å². The number of carboxylic acids is 1. The molecule has 21 heavy (non-hydrogen) atoms. The maximum Gasteiger partial charge on any atom is 0.324 e. The highest BCUT2D eigenvalue weighted by Gasteiger charge is 2.42. The molecule has 0 saturated carbocycles. The van der Waals surface area contributed by atoms with E-state index in [0.29, 0.717) is 18.4 Å². The van der Waals surface area contributed by atoms with Gasteiger partial charge in [-0.25, -0.2) is 0 Å². The first-order valence-electron chi connectivity index (χ1n) is 7.24. The fourth-order valence-corrected chi connectivity index (χ4v) is 3.71. The second kappa shape index (κ2) is 8.08. The molecule has 0 spiro atoms. The SMILES string of the molecule is CCCC[C@@H](S[C@](CC)(C(=O)O)c1ccccc1)C(N)=O.